The maximum atomic E-state index is 10.2. The Morgan fingerprint density at radius 2 is 1.59 bits per heavy atom. The van der Waals surface area contributed by atoms with Crippen LogP contribution in [0.15, 0.2) is 0 Å². The molecule has 0 saturated carbocycles. The monoisotopic (exact) mass is 438 g/mol. The van der Waals surface area contributed by atoms with Gasteiger partial charge in [-0.1, -0.05) is 33.1 Å². The van der Waals surface area contributed by atoms with Gasteiger partial charge in [0.25, 0.3) is 0 Å². The van der Waals surface area contributed by atoms with E-state index in [-0.39, 0.29) is 26.9 Å². The fourth-order valence-electron chi connectivity index (χ4n) is 1.82. The van der Waals surface area contributed by atoms with Crippen molar-refractivity contribution in [1.29, 1.82) is 0 Å². The number of unbranched alkanes of at least 4 members (excludes halogenated alkanes) is 4. The molecule has 0 unspecified atom stereocenters. The fourth-order valence-corrected chi connectivity index (χ4v) is 6.71. The summed E-state index contributed by atoms with van der Waals surface area (Å²) in [6.45, 7) is 9.05. The summed E-state index contributed by atoms with van der Waals surface area (Å²) in [5.74, 6) is 1.34. The second-order valence-corrected chi connectivity index (χ2v) is 11.5. The van der Waals surface area contributed by atoms with Crippen molar-refractivity contribution >= 4 is 38.9 Å². The van der Waals surface area contributed by atoms with E-state index in [1.165, 1.54) is 56.7 Å². The predicted octanol–water partition coefficient (Wildman–Crippen LogP) is 6.15. The van der Waals surface area contributed by atoms with Crippen LogP contribution in [0.5, 0.6) is 0 Å². The Balaban J connectivity index is 0. The van der Waals surface area contributed by atoms with Crippen LogP contribution in [0.25, 0.3) is 0 Å². The molecule has 2 radical (unpaired) electrons. The number of hydrogen-bond donors (Lipinski definition) is 1. The molecule has 0 aromatic rings. The van der Waals surface area contributed by atoms with Gasteiger partial charge in [-0.3, -0.25) is 4.79 Å². The second kappa shape index (κ2) is 21.6. The first kappa shape index (κ1) is 24.9. The van der Waals surface area contributed by atoms with Gasteiger partial charge in [0, 0.05) is 0 Å². The van der Waals surface area contributed by atoms with Crippen molar-refractivity contribution in [3.05, 3.63) is 0 Å². The van der Waals surface area contributed by atoms with Gasteiger partial charge in [0.05, 0.1) is 5.75 Å². The Kier molecular flexibility index (Phi) is 24.4. The van der Waals surface area contributed by atoms with Crippen molar-refractivity contribution in [1.82, 2.24) is 0 Å². The van der Waals surface area contributed by atoms with Gasteiger partial charge < -0.3 is 5.11 Å². The molecule has 0 spiro atoms. The standard InChI is InChI=1S/C10H20O2S.2C4H9.Sn/c1-9(2)6-4-3-5-7-13-8-10(11)12;2*1-3-4-2;/h9H,3-8H2,1-2H3,(H,11,12);2*1,3-4H2,2H3;. The van der Waals surface area contributed by atoms with Crippen LogP contribution >= 0.6 is 11.8 Å². The minimum absolute atomic E-state index is 0.149. The summed E-state index contributed by atoms with van der Waals surface area (Å²) in [4.78, 5) is 10.2. The normalized spacial score (nSPS) is 10.4. The Bertz CT molecular complexity index is 217. The molecule has 2 nitrogen and oxygen atoms in total. The summed E-state index contributed by atoms with van der Waals surface area (Å²) >= 11 is 1.67. The van der Waals surface area contributed by atoms with Crippen LogP contribution in [-0.4, -0.2) is 43.7 Å². The number of thioether (sulfide) groups is 1. The average Bonchev–Trinajstić information content (AvgIpc) is 2.46. The molecule has 22 heavy (non-hydrogen) atoms. The number of hydrogen-bond acceptors (Lipinski definition) is 2. The Labute approximate surface area is 153 Å². The molecule has 0 bridgehead atoms. The quantitative estimate of drug-likeness (QED) is 0.262. The van der Waals surface area contributed by atoms with Crippen LogP contribution in [0.1, 0.15) is 79.1 Å². The first-order valence-electron chi connectivity index (χ1n) is 9.04. The molecular weight excluding hydrogens is 399 g/mol. The number of rotatable bonds is 14. The molecule has 0 aliphatic heterocycles. The number of carboxylic acids is 1. The molecule has 0 atom stereocenters. The Morgan fingerprint density at radius 3 is 2.05 bits per heavy atom. The van der Waals surface area contributed by atoms with E-state index in [9.17, 15) is 4.79 Å². The van der Waals surface area contributed by atoms with Crippen LogP contribution in [0.4, 0.5) is 0 Å². The van der Waals surface area contributed by atoms with E-state index in [0.29, 0.717) is 0 Å². The minimum atomic E-state index is -0.702. The first-order valence-corrected chi connectivity index (χ1v) is 14.2. The second-order valence-electron chi connectivity index (χ2n) is 6.15. The van der Waals surface area contributed by atoms with Gasteiger partial charge in [0.1, 0.15) is 0 Å². The van der Waals surface area contributed by atoms with E-state index < -0.39 is 5.97 Å². The summed E-state index contributed by atoms with van der Waals surface area (Å²) in [5, 5.41) is 8.37. The summed E-state index contributed by atoms with van der Waals surface area (Å²) < 4.78 is 3.25. The molecule has 0 aromatic carbocycles. The van der Waals surface area contributed by atoms with Crippen molar-refractivity contribution < 1.29 is 9.90 Å². The van der Waals surface area contributed by atoms with Gasteiger partial charge in [-0.25, -0.2) is 0 Å². The fraction of sp³-hybridized carbons (Fsp3) is 0.944. The summed E-state index contributed by atoms with van der Waals surface area (Å²) in [6.07, 6.45) is 10.8. The third-order valence-electron chi connectivity index (χ3n) is 3.21. The zero-order chi connectivity index (χ0) is 17.1. The summed E-state index contributed by atoms with van der Waals surface area (Å²) in [6, 6.07) is 0. The topological polar surface area (TPSA) is 37.3 Å². The van der Waals surface area contributed by atoms with E-state index in [1.807, 2.05) is 0 Å². The van der Waals surface area contributed by atoms with Gasteiger partial charge in [-0.05, 0) is 18.1 Å². The van der Waals surface area contributed by atoms with E-state index in [1.54, 1.807) is 8.87 Å². The Hall–Kier alpha value is 0.619. The van der Waals surface area contributed by atoms with Crippen LogP contribution in [0, 0.1) is 5.92 Å². The maximum absolute atomic E-state index is 10.2. The zero-order valence-electron chi connectivity index (χ0n) is 15.3. The van der Waals surface area contributed by atoms with Gasteiger partial charge in [0.15, 0.2) is 0 Å². The van der Waals surface area contributed by atoms with Gasteiger partial charge in [0.2, 0.25) is 0 Å². The first-order chi connectivity index (χ1) is 10.5. The molecule has 0 aliphatic rings. The summed E-state index contributed by atoms with van der Waals surface area (Å²) in [7, 11) is 0. The molecular formula is C18H38O2SSn. The van der Waals surface area contributed by atoms with Crippen molar-refractivity contribution in [2.75, 3.05) is 11.5 Å². The van der Waals surface area contributed by atoms with Crippen LogP contribution < -0.4 is 0 Å². The van der Waals surface area contributed by atoms with Crippen molar-refractivity contribution in [2.24, 2.45) is 5.92 Å². The van der Waals surface area contributed by atoms with E-state index in [0.717, 1.165) is 18.1 Å². The number of carbonyl (C=O) groups is 1. The van der Waals surface area contributed by atoms with E-state index in [4.69, 9.17) is 5.11 Å². The van der Waals surface area contributed by atoms with Gasteiger partial charge in [-0.15, -0.1) is 0 Å². The zero-order valence-corrected chi connectivity index (χ0v) is 19.0. The third kappa shape index (κ3) is 28.7. The molecule has 132 valence electrons. The average molecular weight is 437 g/mol. The van der Waals surface area contributed by atoms with Crippen molar-refractivity contribution in [3.63, 3.8) is 0 Å². The molecule has 0 amide bonds. The van der Waals surface area contributed by atoms with Crippen LogP contribution in [-0.2, 0) is 4.79 Å². The predicted molar refractivity (Wildman–Crippen MR) is 103 cm³/mol. The molecule has 0 aromatic heterocycles. The molecule has 0 aliphatic carbocycles. The van der Waals surface area contributed by atoms with Crippen molar-refractivity contribution in [3.8, 4) is 0 Å². The SMILES string of the molecule is CC(C)CCCCCSCC(=O)O.CCC[CH2][Sn][CH2]CCC. The van der Waals surface area contributed by atoms with Gasteiger partial charge >= 0.3 is 75.5 Å². The van der Waals surface area contributed by atoms with Crippen LogP contribution in [0.3, 0.4) is 0 Å². The van der Waals surface area contributed by atoms with E-state index >= 15 is 0 Å². The van der Waals surface area contributed by atoms with Crippen LogP contribution in [0.2, 0.25) is 8.87 Å². The molecule has 0 fully saturated rings. The third-order valence-corrected chi connectivity index (χ3v) is 8.27. The molecule has 0 rings (SSSR count). The Morgan fingerprint density at radius 1 is 1.00 bits per heavy atom. The van der Waals surface area contributed by atoms with Crippen molar-refractivity contribution in [2.45, 2.75) is 87.9 Å². The van der Waals surface area contributed by atoms with E-state index in [2.05, 4.69) is 27.7 Å². The summed E-state index contributed by atoms with van der Waals surface area (Å²) in [5.41, 5.74) is 0. The molecule has 0 saturated heterocycles. The number of aliphatic carboxylic acids is 1. The molecule has 0 heterocycles. The molecule has 1 N–H and O–H groups in total. The molecule has 4 heteroatoms. The number of carboxylic acid groups (broad SMARTS) is 1. The van der Waals surface area contributed by atoms with Gasteiger partial charge in [-0.2, -0.15) is 11.8 Å².